The van der Waals surface area contributed by atoms with Gasteiger partial charge in [0.05, 0.1) is 18.1 Å². The Balaban J connectivity index is 2.05. The van der Waals surface area contributed by atoms with Gasteiger partial charge in [-0.1, -0.05) is 13.8 Å². The molecule has 0 aliphatic carbocycles. The molecule has 2 rings (SSSR count). The van der Waals surface area contributed by atoms with Gasteiger partial charge in [0.25, 0.3) is 0 Å². The maximum atomic E-state index is 6.03. The summed E-state index contributed by atoms with van der Waals surface area (Å²) in [4.78, 5) is 9.31. The van der Waals surface area contributed by atoms with Crippen LogP contribution in [0.1, 0.15) is 32.0 Å². The van der Waals surface area contributed by atoms with Gasteiger partial charge < -0.3 is 15.2 Å². The minimum atomic E-state index is 0.313. The van der Waals surface area contributed by atoms with Gasteiger partial charge in [-0.05, 0) is 13.0 Å². The molecule has 1 aromatic rings. The van der Waals surface area contributed by atoms with Crippen molar-refractivity contribution in [2.75, 3.05) is 39.3 Å². The fourth-order valence-electron chi connectivity index (χ4n) is 2.88. The number of aromatic nitrogens is 2. The third-order valence-electron chi connectivity index (χ3n) is 4.07. The van der Waals surface area contributed by atoms with Crippen LogP contribution in [0.25, 0.3) is 0 Å². The molecule has 1 fully saturated rings. The summed E-state index contributed by atoms with van der Waals surface area (Å²) < 4.78 is 2.25. The Morgan fingerprint density at radius 1 is 1.26 bits per heavy atom. The number of rotatable bonds is 6. The molecule has 2 N–H and O–H groups in total. The maximum absolute atomic E-state index is 6.03. The maximum Gasteiger partial charge on any atom is 0.0948 e. The van der Waals surface area contributed by atoms with Gasteiger partial charge >= 0.3 is 0 Å². The molecule has 0 spiro atoms. The Bertz CT molecular complexity index is 368. The first-order valence-electron chi connectivity index (χ1n) is 7.46. The molecule has 1 atom stereocenters. The molecule has 1 aromatic heterocycles. The SMILES string of the molecule is CCCn1cncc1C(CN)N1CCN(CC)CC1. The van der Waals surface area contributed by atoms with Gasteiger partial charge in [-0.3, -0.25) is 4.90 Å². The molecular weight excluding hydrogens is 238 g/mol. The van der Waals surface area contributed by atoms with E-state index in [0.29, 0.717) is 12.6 Å². The standard InChI is InChI=1S/C14H27N5/c1-3-5-19-12-16-11-14(19)13(10-15)18-8-6-17(4-2)7-9-18/h11-13H,3-10,15H2,1-2H3. The van der Waals surface area contributed by atoms with Crippen LogP contribution in [0.5, 0.6) is 0 Å². The summed E-state index contributed by atoms with van der Waals surface area (Å²) in [5, 5.41) is 0. The predicted molar refractivity (Wildman–Crippen MR) is 78.0 cm³/mol. The molecule has 1 aliphatic rings. The van der Waals surface area contributed by atoms with Gasteiger partial charge in [0.2, 0.25) is 0 Å². The number of likely N-dealkylation sites (N-methyl/N-ethyl adjacent to an activating group) is 1. The third kappa shape index (κ3) is 3.35. The lowest BCUT2D eigenvalue weighted by Crippen LogP contribution is -2.49. The average Bonchev–Trinajstić information content (AvgIpc) is 2.89. The summed E-state index contributed by atoms with van der Waals surface area (Å²) in [5.41, 5.74) is 7.30. The topological polar surface area (TPSA) is 50.3 Å². The lowest BCUT2D eigenvalue weighted by atomic mass is 10.1. The number of imidazole rings is 1. The summed E-state index contributed by atoms with van der Waals surface area (Å²) in [6.45, 7) is 11.8. The monoisotopic (exact) mass is 265 g/mol. The number of aryl methyl sites for hydroxylation is 1. The molecule has 0 radical (unpaired) electrons. The predicted octanol–water partition coefficient (Wildman–Crippen LogP) is 0.930. The van der Waals surface area contributed by atoms with Crippen LogP contribution in [-0.4, -0.2) is 58.6 Å². The number of piperazine rings is 1. The van der Waals surface area contributed by atoms with Crippen LogP contribution in [0.3, 0.4) is 0 Å². The second-order valence-electron chi connectivity index (χ2n) is 5.23. The van der Waals surface area contributed by atoms with Crippen molar-refractivity contribution >= 4 is 0 Å². The van der Waals surface area contributed by atoms with E-state index in [4.69, 9.17) is 5.73 Å². The first-order chi connectivity index (χ1) is 9.30. The van der Waals surface area contributed by atoms with Gasteiger partial charge in [-0.2, -0.15) is 0 Å². The van der Waals surface area contributed by atoms with E-state index in [1.165, 1.54) is 5.69 Å². The highest BCUT2D eigenvalue weighted by atomic mass is 15.3. The molecule has 0 aromatic carbocycles. The molecule has 2 heterocycles. The average molecular weight is 265 g/mol. The summed E-state index contributed by atoms with van der Waals surface area (Å²) in [7, 11) is 0. The fraction of sp³-hybridized carbons (Fsp3) is 0.786. The zero-order valence-electron chi connectivity index (χ0n) is 12.3. The Morgan fingerprint density at radius 3 is 2.58 bits per heavy atom. The fourth-order valence-corrected chi connectivity index (χ4v) is 2.88. The number of nitrogens with zero attached hydrogens (tertiary/aromatic N) is 4. The van der Waals surface area contributed by atoms with Gasteiger partial charge in [0, 0.05) is 45.5 Å². The van der Waals surface area contributed by atoms with Crippen LogP contribution in [0.15, 0.2) is 12.5 Å². The van der Waals surface area contributed by atoms with E-state index in [0.717, 1.165) is 45.7 Å². The van der Waals surface area contributed by atoms with Crippen LogP contribution in [0, 0.1) is 0 Å². The van der Waals surface area contributed by atoms with Crippen molar-refractivity contribution < 1.29 is 0 Å². The normalized spacial score (nSPS) is 19.7. The van der Waals surface area contributed by atoms with Gasteiger partial charge in [-0.25, -0.2) is 4.98 Å². The Kier molecular flexibility index (Phi) is 5.36. The highest BCUT2D eigenvalue weighted by Gasteiger charge is 2.25. The summed E-state index contributed by atoms with van der Waals surface area (Å²) in [6, 6.07) is 0.313. The van der Waals surface area contributed by atoms with E-state index < -0.39 is 0 Å². The second-order valence-corrected chi connectivity index (χ2v) is 5.23. The van der Waals surface area contributed by atoms with Gasteiger partial charge in [0.15, 0.2) is 0 Å². The van der Waals surface area contributed by atoms with E-state index in [2.05, 4.69) is 33.2 Å². The van der Waals surface area contributed by atoms with Crippen LogP contribution < -0.4 is 5.73 Å². The van der Waals surface area contributed by atoms with E-state index in [1.807, 2.05) is 12.5 Å². The third-order valence-corrected chi connectivity index (χ3v) is 4.07. The molecule has 5 nitrogen and oxygen atoms in total. The molecule has 0 bridgehead atoms. The van der Waals surface area contributed by atoms with Crippen LogP contribution in [0.2, 0.25) is 0 Å². The van der Waals surface area contributed by atoms with Crippen LogP contribution in [-0.2, 0) is 6.54 Å². The Hall–Kier alpha value is -0.910. The van der Waals surface area contributed by atoms with Crippen molar-refractivity contribution in [3.8, 4) is 0 Å². The van der Waals surface area contributed by atoms with E-state index in [-0.39, 0.29) is 0 Å². The highest BCUT2D eigenvalue weighted by Crippen LogP contribution is 2.21. The van der Waals surface area contributed by atoms with Gasteiger partial charge in [-0.15, -0.1) is 0 Å². The molecule has 108 valence electrons. The molecular formula is C14H27N5. The van der Waals surface area contributed by atoms with E-state index in [9.17, 15) is 0 Å². The Labute approximate surface area is 116 Å². The largest absolute Gasteiger partial charge is 0.333 e. The van der Waals surface area contributed by atoms with Crippen LogP contribution >= 0.6 is 0 Å². The quantitative estimate of drug-likeness (QED) is 0.831. The summed E-state index contributed by atoms with van der Waals surface area (Å²) in [6.07, 6.45) is 5.05. The number of nitrogens with two attached hydrogens (primary N) is 1. The van der Waals surface area contributed by atoms with Crippen molar-refractivity contribution in [1.29, 1.82) is 0 Å². The van der Waals surface area contributed by atoms with Gasteiger partial charge in [0.1, 0.15) is 0 Å². The van der Waals surface area contributed by atoms with Crippen molar-refractivity contribution in [3.63, 3.8) is 0 Å². The lowest BCUT2D eigenvalue weighted by Gasteiger charge is -2.38. The molecule has 1 unspecified atom stereocenters. The Morgan fingerprint density at radius 2 is 2.00 bits per heavy atom. The summed E-state index contributed by atoms with van der Waals surface area (Å²) >= 11 is 0. The minimum absolute atomic E-state index is 0.313. The van der Waals surface area contributed by atoms with Crippen molar-refractivity contribution in [3.05, 3.63) is 18.2 Å². The van der Waals surface area contributed by atoms with E-state index in [1.54, 1.807) is 0 Å². The zero-order chi connectivity index (χ0) is 13.7. The molecule has 5 heteroatoms. The molecule has 1 saturated heterocycles. The summed E-state index contributed by atoms with van der Waals surface area (Å²) in [5.74, 6) is 0. The first-order valence-corrected chi connectivity index (χ1v) is 7.46. The highest BCUT2D eigenvalue weighted by molar-refractivity contribution is 5.07. The lowest BCUT2D eigenvalue weighted by molar-refractivity contribution is 0.0987. The van der Waals surface area contributed by atoms with E-state index >= 15 is 0 Å². The molecule has 0 saturated carbocycles. The second kappa shape index (κ2) is 7.03. The number of hydrogen-bond acceptors (Lipinski definition) is 4. The van der Waals surface area contributed by atoms with Crippen molar-refractivity contribution in [2.24, 2.45) is 5.73 Å². The number of hydrogen-bond donors (Lipinski definition) is 1. The molecule has 19 heavy (non-hydrogen) atoms. The minimum Gasteiger partial charge on any atom is -0.333 e. The first kappa shape index (κ1) is 14.5. The smallest absolute Gasteiger partial charge is 0.0948 e. The van der Waals surface area contributed by atoms with Crippen molar-refractivity contribution in [1.82, 2.24) is 19.4 Å². The van der Waals surface area contributed by atoms with Crippen LogP contribution in [0.4, 0.5) is 0 Å². The molecule has 1 aliphatic heterocycles. The van der Waals surface area contributed by atoms with Crippen molar-refractivity contribution in [2.45, 2.75) is 32.9 Å². The molecule has 0 amide bonds. The zero-order valence-corrected chi connectivity index (χ0v) is 12.3.